The Morgan fingerprint density at radius 2 is 1.90 bits per heavy atom. The molecule has 0 fully saturated rings. The molecule has 0 unspecified atom stereocenters. The van der Waals surface area contributed by atoms with Crippen LogP contribution in [0.3, 0.4) is 0 Å². The lowest BCUT2D eigenvalue weighted by Crippen LogP contribution is -1.76. The summed E-state index contributed by atoms with van der Waals surface area (Å²) in [6.45, 7) is 1.75. The zero-order chi connectivity index (χ0) is 7.40. The molecule has 1 nitrogen and oxygen atoms in total. The highest BCUT2D eigenvalue weighted by atomic mass is 16.1. The Balaban J connectivity index is 3.08. The molecule has 0 amide bonds. The van der Waals surface area contributed by atoms with Gasteiger partial charge in [-0.3, -0.25) is 0 Å². The van der Waals surface area contributed by atoms with Gasteiger partial charge in [0.05, 0.1) is 0 Å². The first-order valence-corrected chi connectivity index (χ1v) is 3.11. The van der Waals surface area contributed by atoms with Gasteiger partial charge in [-0.05, 0) is 12.5 Å². The molecule has 0 radical (unpaired) electrons. The molecule has 0 saturated carbocycles. The van der Waals surface area contributed by atoms with Gasteiger partial charge >= 0.3 is 0 Å². The molecule has 0 aromatic heterocycles. The van der Waals surface area contributed by atoms with Crippen molar-refractivity contribution in [1.82, 2.24) is 0 Å². The molecule has 50 valence electrons. The lowest BCUT2D eigenvalue weighted by atomic mass is 10.1. The van der Waals surface area contributed by atoms with Crippen molar-refractivity contribution in [3.63, 3.8) is 0 Å². The summed E-state index contributed by atoms with van der Waals surface area (Å²) in [7, 11) is 0. The maximum atomic E-state index is 10.1. The fourth-order valence-corrected chi connectivity index (χ4v) is 0.747. The summed E-state index contributed by atoms with van der Waals surface area (Å²) in [5, 5.41) is 0. The number of hydrogen-bond donors (Lipinski definition) is 0. The molecule has 1 rings (SSSR count). The third-order valence-corrected chi connectivity index (χ3v) is 1.36. The molecular formula is C9H8O. The van der Waals surface area contributed by atoms with Gasteiger partial charge in [-0.2, -0.15) is 0 Å². The number of allylic oxidation sites excluding steroid dienone is 1. The van der Waals surface area contributed by atoms with E-state index in [2.05, 4.69) is 0 Å². The summed E-state index contributed by atoms with van der Waals surface area (Å²) in [5.74, 6) is 1.85. The van der Waals surface area contributed by atoms with Crippen LogP contribution in [0, 0.1) is 0 Å². The van der Waals surface area contributed by atoms with Crippen molar-refractivity contribution in [2.45, 2.75) is 6.92 Å². The topological polar surface area (TPSA) is 17.1 Å². The minimum absolute atomic E-state index is 0.653. The van der Waals surface area contributed by atoms with Gasteiger partial charge in [0, 0.05) is 5.57 Å². The van der Waals surface area contributed by atoms with Crippen molar-refractivity contribution in [2.24, 2.45) is 0 Å². The molecule has 0 atom stereocenters. The van der Waals surface area contributed by atoms with Crippen molar-refractivity contribution in [3.8, 4) is 0 Å². The van der Waals surface area contributed by atoms with E-state index in [4.69, 9.17) is 0 Å². The van der Waals surface area contributed by atoms with Gasteiger partial charge in [-0.25, -0.2) is 4.79 Å². The average Bonchev–Trinajstić information content (AvgIpc) is 2.05. The van der Waals surface area contributed by atoms with Gasteiger partial charge in [0.25, 0.3) is 0 Å². The van der Waals surface area contributed by atoms with Crippen LogP contribution in [0.15, 0.2) is 30.3 Å². The van der Waals surface area contributed by atoms with Crippen molar-refractivity contribution in [3.05, 3.63) is 35.9 Å². The van der Waals surface area contributed by atoms with Crippen LogP contribution in [0.1, 0.15) is 12.5 Å². The highest BCUT2D eigenvalue weighted by molar-refractivity contribution is 5.85. The van der Waals surface area contributed by atoms with Crippen LogP contribution < -0.4 is 0 Å². The van der Waals surface area contributed by atoms with Crippen molar-refractivity contribution >= 4 is 11.5 Å². The maximum absolute atomic E-state index is 10.1. The number of benzene rings is 1. The number of carbonyl (C=O) groups excluding carboxylic acids is 1. The molecule has 0 N–H and O–H groups in total. The van der Waals surface area contributed by atoms with E-state index in [1.54, 1.807) is 6.92 Å². The number of rotatable bonds is 1. The monoisotopic (exact) mass is 132 g/mol. The highest BCUT2D eigenvalue weighted by Gasteiger charge is 1.91. The van der Waals surface area contributed by atoms with Gasteiger partial charge in [-0.15, -0.1) is 0 Å². The van der Waals surface area contributed by atoms with Crippen LogP contribution in [0.2, 0.25) is 0 Å². The summed E-state index contributed by atoms with van der Waals surface area (Å²) in [5.41, 5.74) is 1.60. The van der Waals surface area contributed by atoms with E-state index in [0.29, 0.717) is 5.57 Å². The van der Waals surface area contributed by atoms with Crippen molar-refractivity contribution < 1.29 is 4.79 Å². The molecule has 0 aliphatic carbocycles. The molecule has 1 aromatic rings. The Labute approximate surface area is 60.0 Å². The fraction of sp³-hybridized carbons (Fsp3) is 0.111. The van der Waals surface area contributed by atoms with E-state index in [9.17, 15) is 4.79 Å². The van der Waals surface area contributed by atoms with Crippen LogP contribution >= 0.6 is 0 Å². The Bertz CT molecular complexity index is 255. The minimum atomic E-state index is 0.653. The zero-order valence-electron chi connectivity index (χ0n) is 5.79. The first kappa shape index (κ1) is 6.79. The van der Waals surface area contributed by atoms with Gasteiger partial charge in [0.1, 0.15) is 5.94 Å². The first-order valence-electron chi connectivity index (χ1n) is 3.11. The molecule has 0 aliphatic rings. The Kier molecular flexibility index (Phi) is 2.03. The van der Waals surface area contributed by atoms with Crippen LogP contribution in [0.5, 0.6) is 0 Å². The molecule has 1 heteroatoms. The molecule has 0 spiro atoms. The molecule has 0 bridgehead atoms. The van der Waals surface area contributed by atoms with E-state index in [-0.39, 0.29) is 0 Å². The second-order valence-electron chi connectivity index (χ2n) is 2.09. The van der Waals surface area contributed by atoms with Crippen molar-refractivity contribution in [2.75, 3.05) is 0 Å². The van der Waals surface area contributed by atoms with Crippen molar-refractivity contribution in [1.29, 1.82) is 0 Å². The van der Waals surface area contributed by atoms with Crippen LogP contribution in [-0.2, 0) is 4.79 Å². The average molecular weight is 132 g/mol. The molecule has 0 saturated heterocycles. The van der Waals surface area contributed by atoms with E-state index < -0.39 is 0 Å². The molecule has 10 heavy (non-hydrogen) atoms. The van der Waals surface area contributed by atoms with Crippen LogP contribution in [0.4, 0.5) is 0 Å². The van der Waals surface area contributed by atoms with Gasteiger partial charge in [0.2, 0.25) is 0 Å². The summed E-state index contributed by atoms with van der Waals surface area (Å²) >= 11 is 0. The van der Waals surface area contributed by atoms with E-state index in [1.165, 1.54) is 0 Å². The smallest absolute Gasteiger partial charge is 0.128 e. The van der Waals surface area contributed by atoms with E-state index in [0.717, 1.165) is 5.56 Å². The van der Waals surface area contributed by atoms with Gasteiger partial charge in [-0.1, -0.05) is 30.3 Å². The van der Waals surface area contributed by atoms with Crippen LogP contribution in [0.25, 0.3) is 5.57 Å². The van der Waals surface area contributed by atoms with Crippen LogP contribution in [-0.4, -0.2) is 5.94 Å². The van der Waals surface area contributed by atoms with E-state index in [1.807, 2.05) is 36.3 Å². The summed E-state index contributed by atoms with van der Waals surface area (Å²) in [6, 6.07) is 9.49. The minimum Gasteiger partial charge on any atom is -0.233 e. The zero-order valence-corrected chi connectivity index (χ0v) is 5.79. The summed E-state index contributed by atoms with van der Waals surface area (Å²) in [6.07, 6.45) is 0. The van der Waals surface area contributed by atoms with E-state index >= 15 is 0 Å². The largest absolute Gasteiger partial charge is 0.233 e. The third-order valence-electron chi connectivity index (χ3n) is 1.36. The normalized spacial score (nSPS) is 8.50. The Morgan fingerprint density at radius 3 is 2.40 bits per heavy atom. The predicted octanol–water partition coefficient (Wildman–Crippen LogP) is 1.92. The molecule has 0 aliphatic heterocycles. The Hall–Kier alpha value is -1.33. The lowest BCUT2D eigenvalue weighted by molar-refractivity contribution is 0.569. The summed E-state index contributed by atoms with van der Waals surface area (Å²) < 4.78 is 0. The standard InChI is InChI=1S/C9H8O/c1-8(7-10)9-5-3-2-4-6-9/h2-6H,1H3. The SMILES string of the molecule is CC(=C=O)c1ccccc1. The second kappa shape index (κ2) is 3.00. The maximum Gasteiger partial charge on any atom is 0.128 e. The third kappa shape index (κ3) is 1.34. The molecular weight excluding hydrogens is 124 g/mol. The number of hydrogen-bond acceptors (Lipinski definition) is 1. The van der Waals surface area contributed by atoms with Gasteiger partial charge < -0.3 is 0 Å². The highest BCUT2D eigenvalue weighted by Crippen LogP contribution is 2.07. The first-order chi connectivity index (χ1) is 4.84. The molecule has 0 heterocycles. The lowest BCUT2D eigenvalue weighted by Gasteiger charge is -1.92. The fourth-order valence-electron chi connectivity index (χ4n) is 0.747. The van der Waals surface area contributed by atoms with Gasteiger partial charge in [0.15, 0.2) is 0 Å². The predicted molar refractivity (Wildman–Crippen MR) is 41.2 cm³/mol. The quantitative estimate of drug-likeness (QED) is 0.533. The second-order valence-corrected chi connectivity index (χ2v) is 2.09. The summed E-state index contributed by atoms with van der Waals surface area (Å²) in [4.78, 5) is 10.1. The Morgan fingerprint density at radius 1 is 1.30 bits per heavy atom. The molecule has 1 aromatic carbocycles.